The van der Waals surface area contributed by atoms with Crippen LogP contribution in [0, 0.1) is 15.9 Å². The third-order valence-electron chi connectivity index (χ3n) is 2.47. The van der Waals surface area contributed by atoms with E-state index in [4.69, 9.17) is 29.0 Å². The molecule has 0 aliphatic heterocycles. The lowest BCUT2D eigenvalue weighted by Gasteiger charge is -2.11. The molecular weight excluding hydrogens is 324 g/mol. The van der Waals surface area contributed by atoms with Crippen LogP contribution in [0.25, 0.3) is 0 Å². The number of nitrogens with two attached hydrogens (primary N) is 1. The molecule has 4 N–H and O–H groups in total. The summed E-state index contributed by atoms with van der Waals surface area (Å²) >= 11 is 11.7. The van der Waals surface area contributed by atoms with Crippen molar-refractivity contribution in [2.75, 3.05) is 10.7 Å². The van der Waals surface area contributed by atoms with E-state index in [2.05, 4.69) is 15.7 Å². The van der Waals surface area contributed by atoms with Crippen LogP contribution in [0.15, 0.2) is 24.3 Å². The van der Waals surface area contributed by atoms with Crippen molar-refractivity contribution in [3.8, 4) is 0 Å². The van der Waals surface area contributed by atoms with E-state index in [-0.39, 0.29) is 33.1 Å². The maximum atomic E-state index is 13.1. The summed E-state index contributed by atoms with van der Waals surface area (Å²) in [6.07, 6.45) is 0. The van der Waals surface area contributed by atoms with Gasteiger partial charge in [-0.15, -0.1) is 0 Å². The van der Waals surface area contributed by atoms with Gasteiger partial charge in [0.2, 0.25) is 5.82 Å². The third-order valence-corrected chi connectivity index (χ3v) is 3.06. The number of aromatic nitrogens is 1. The summed E-state index contributed by atoms with van der Waals surface area (Å²) in [4.78, 5) is 14.3. The number of hydrazine groups is 1. The Morgan fingerprint density at radius 2 is 1.90 bits per heavy atom. The molecule has 0 fully saturated rings. The molecule has 0 unspecified atom stereocenters. The van der Waals surface area contributed by atoms with Crippen LogP contribution in [0.2, 0.25) is 10.0 Å². The quantitative estimate of drug-likeness (QED) is 0.450. The van der Waals surface area contributed by atoms with Gasteiger partial charge in [-0.05, 0) is 18.2 Å². The lowest BCUT2D eigenvalue weighted by Crippen LogP contribution is -2.10. The molecule has 1 aromatic heterocycles. The summed E-state index contributed by atoms with van der Waals surface area (Å²) in [5.74, 6) is 4.64. The van der Waals surface area contributed by atoms with E-state index in [9.17, 15) is 14.5 Å². The molecule has 2 aromatic rings. The van der Waals surface area contributed by atoms with E-state index in [1.165, 1.54) is 12.1 Å². The molecular formula is C11H8Cl2FN5O2. The minimum atomic E-state index is -0.638. The molecule has 0 bridgehead atoms. The normalized spacial score (nSPS) is 10.3. The summed E-state index contributed by atoms with van der Waals surface area (Å²) in [7, 11) is 0. The predicted octanol–water partition coefficient (Wildman–Crippen LogP) is 3.46. The van der Waals surface area contributed by atoms with Crippen molar-refractivity contribution >= 4 is 46.2 Å². The summed E-state index contributed by atoms with van der Waals surface area (Å²) < 4.78 is 13.1. The Kier molecular flexibility index (Phi) is 4.41. The number of nitrogens with one attached hydrogen (secondary N) is 2. The fourth-order valence-corrected chi connectivity index (χ4v) is 2.11. The van der Waals surface area contributed by atoms with Crippen molar-refractivity contribution in [2.24, 2.45) is 5.84 Å². The van der Waals surface area contributed by atoms with Crippen molar-refractivity contribution in [3.63, 3.8) is 0 Å². The van der Waals surface area contributed by atoms with Crippen LogP contribution in [0.1, 0.15) is 0 Å². The fourth-order valence-electron chi connectivity index (χ4n) is 1.55. The zero-order valence-electron chi connectivity index (χ0n) is 10.2. The van der Waals surface area contributed by atoms with Gasteiger partial charge >= 0.3 is 5.69 Å². The molecule has 0 spiro atoms. The zero-order chi connectivity index (χ0) is 15.6. The Morgan fingerprint density at radius 1 is 1.29 bits per heavy atom. The van der Waals surface area contributed by atoms with Crippen LogP contribution < -0.4 is 16.6 Å². The smallest absolute Gasteiger partial charge is 0.311 e. The minimum Gasteiger partial charge on any atom is -0.332 e. The predicted molar refractivity (Wildman–Crippen MR) is 78.4 cm³/mol. The van der Waals surface area contributed by atoms with E-state index in [1.807, 2.05) is 0 Å². The number of nitrogens with zero attached hydrogens (tertiary/aromatic N) is 2. The molecule has 0 saturated heterocycles. The van der Waals surface area contributed by atoms with Crippen LogP contribution in [-0.4, -0.2) is 9.91 Å². The van der Waals surface area contributed by atoms with Crippen LogP contribution in [-0.2, 0) is 0 Å². The van der Waals surface area contributed by atoms with Gasteiger partial charge in [0.1, 0.15) is 11.6 Å². The highest BCUT2D eigenvalue weighted by molar-refractivity contribution is 6.39. The number of hydrogen-bond acceptors (Lipinski definition) is 6. The van der Waals surface area contributed by atoms with Gasteiger partial charge in [0.25, 0.3) is 0 Å². The molecule has 0 saturated carbocycles. The van der Waals surface area contributed by atoms with Crippen molar-refractivity contribution in [1.29, 1.82) is 0 Å². The van der Waals surface area contributed by atoms with Gasteiger partial charge in [0, 0.05) is 6.07 Å². The number of anilines is 3. The van der Waals surface area contributed by atoms with E-state index >= 15 is 0 Å². The maximum absolute atomic E-state index is 13.1. The van der Waals surface area contributed by atoms with Crippen molar-refractivity contribution in [1.82, 2.24) is 4.98 Å². The molecule has 7 nitrogen and oxygen atoms in total. The van der Waals surface area contributed by atoms with Gasteiger partial charge in [-0.1, -0.05) is 23.2 Å². The highest BCUT2D eigenvalue weighted by Crippen LogP contribution is 2.36. The highest BCUT2D eigenvalue weighted by Gasteiger charge is 2.19. The highest BCUT2D eigenvalue weighted by atomic mass is 35.5. The van der Waals surface area contributed by atoms with Gasteiger partial charge in [-0.3, -0.25) is 10.1 Å². The first-order valence-corrected chi connectivity index (χ1v) is 6.21. The average Bonchev–Trinajstić information content (AvgIpc) is 2.42. The van der Waals surface area contributed by atoms with Gasteiger partial charge in [-0.25, -0.2) is 15.2 Å². The second kappa shape index (κ2) is 6.08. The van der Waals surface area contributed by atoms with Crippen LogP contribution in [0.5, 0.6) is 0 Å². The Morgan fingerprint density at radius 3 is 2.43 bits per heavy atom. The SMILES string of the molecule is NNc1ccc([N+](=O)[O-])c(Nc2c(Cl)cc(F)cc2Cl)n1. The molecule has 1 heterocycles. The monoisotopic (exact) mass is 331 g/mol. The molecule has 0 amide bonds. The largest absolute Gasteiger partial charge is 0.332 e. The number of halogens is 3. The Labute approximate surface area is 128 Å². The molecule has 0 radical (unpaired) electrons. The molecule has 0 atom stereocenters. The molecule has 0 aliphatic carbocycles. The molecule has 21 heavy (non-hydrogen) atoms. The Balaban J connectivity index is 2.50. The Hall–Kier alpha value is -2.16. The number of pyridine rings is 1. The second-order valence-corrected chi connectivity index (χ2v) is 4.65. The van der Waals surface area contributed by atoms with Gasteiger partial charge in [0.15, 0.2) is 0 Å². The zero-order valence-corrected chi connectivity index (χ0v) is 11.7. The lowest BCUT2D eigenvalue weighted by molar-refractivity contribution is -0.384. The average molecular weight is 332 g/mol. The lowest BCUT2D eigenvalue weighted by atomic mass is 10.3. The van der Waals surface area contributed by atoms with Crippen molar-refractivity contribution in [3.05, 3.63) is 50.2 Å². The molecule has 10 heteroatoms. The van der Waals surface area contributed by atoms with Crippen LogP contribution in [0.3, 0.4) is 0 Å². The molecule has 1 aromatic carbocycles. The Bertz CT molecular complexity index is 690. The van der Waals surface area contributed by atoms with E-state index in [0.717, 1.165) is 12.1 Å². The molecule has 2 rings (SSSR count). The topological polar surface area (TPSA) is 106 Å². The van der Waals surface area contributed by atoms with Gasteiger partial charge < -0.3 is 10.7 Å². The van der Waals surface area contributed by atoms with Gasteiger partial charge in [-0.2, -0.15) is 0 Å². The first-order chi connectivity index (χ1) is 9.92. The summed E-state index contributed by atoms with van der Waals surface area (Å²) in [5, 5.41) is 13.5. The number of benzene rings is 1. The molecule has 0 aliphatic rings. The third kappa shape index (κ3) is 3.30. The van der Waals surface area contributed by atoms with E-state index in [0.29, 0.717) is 0 Å². The van der Waals surface area contributed by atoms with Crippen LogP contribution >= 0.6 is 23.2 Å². The number of nitro groups is 1. The van der Waals surface area contributed by atoms with Crippen LogP contribution in [0.4, 0.5) is 27.4 Å². The molecule has 110 valence electrons. The van der Waals surface area contributed by atoms with Gasteiger partial charge in [0.05, 0.1) is 20.7 Å². The number of rotatable bonds is 4. The maximum Gasteiger partial charge on any atom is 0.311 e. The standard InChI is InChI=1S/C11H8Cl2FN5O2/c12-6-3-5(14)4-7(13)10(6)17-11-8(19(20)21)1-2-9(16-11)18-15/h1-4H,15H2,(H2,16,17,18). The van der Waals surface area contributed by atoms with Crippen molar-refractivity contribution in [2.45, 2.75) is 0 Å². The first kappa shape index (κ1) is 15.2. The summed E-state index contributed by atoms with van der Waals surface area (Å²) in [6, 6.07) is 4.58. The number of nitrogen functional groups attached to an aromatic ring is 1. The summed E-state index contributed by atoms with van der Waals surface area (Å²) in [6.45, 7) is 0. The minimum absolute atomic E-state index is 0.0396. The number of hydrogen-bond donors (Lipinski definition) is 3. The van der Waals surface area contributed by atoms with E-state index < -0.39 is 10.7 Å². The van der Waals surface area contributed by atoms with Crippen molar-refractivity contribution < 1.29 is 9.31 Å². The fraction of sp³-hybridized carbons (Fsp3) is 0. The van der Waals surface area contributed by atoms with E-state index in [1.54, 1.807) is 0 Å². The second-order valence-electron chi connectivity index (χ2n) is 3.84. The first-order valence-electron chi connectivity index (χ1n) is 5.46. The summed E-state index contributed by atoms with van der Waals surface area (Å²) in [5.41, 5.74) is 2.04.